The first-order valence-corrected chi connectivity index (χ1v) is 6.93. The summed E-state index contributed by atoms with van der Waals surface area (Å²) in [5.41, 5.74) is 2.07. The first-order chi connectivity index (χ1) is 9.65. The maximum Gasteiger partial charge on any atom is 0.336 e. The summed E-state index contributed by atoms with van der Waals surface area (Å²) in [7, 11) is 0. The van der Waals surface area contributed by atoms with E-state index in [0.29, 0.717) is 12.2 Å². The van der Waals surface area contributed by atoms with Crippen LogP contribution in [0.4, 0.5) is 0 Å². The molecular formula is C16H18O4. The molecule has 0 spiro atoms. The number of hydrogen-bond donors (Lipinski definition) is 0. The van der Waals surface area contributed by atoms with Crippen LogP contribution in [0.2, 0.25) is 0 Å². The van der Waals surface area contributed by atoms with Crippen LogP contribution in [-0.4, -0.2) is 19.3 Å². The Labute approximate surface area is 117 Å². The highest BCUT2D eigenvalue weighted by molar-refractivity contribution is 5.84. The summed E-state index contributed by atoms with van der Waals surface area (Å²) in [5.74, 6) is 0.752. The molecule has 0 amide bonds. The molecule has 0 radical (unpaired) electrons. The number of hydrogen-bond acceptors (Lipinski definition) is 4. The van der Waals surface area contributed by atoms with E-state index in [0.717, 1.165) is 41.7 Å². The minimum atomic E-state index is -0.325. The average molecular weight is 274 g/mol. The molecule has 1 aliphatic rings. The lowest BCUT2D eigenvalue weighted by Crippen LogP contribution is -2.16. The van der Waals surface area contributed by atoms with Crippen LogP contribution in [0.15, 0.2) is 27.4 Å². The molecule has 1 atom stereocenters. The third kappa shape index (κ3) is 2.43. The molecule has 1 unspecified atom stereocenters. The third-order valence-electron chi connectivity index (χ3n) is 3.77. The van der Waals surface area contributed by atoms with E-state index >= 15 is 0 Å². The van der Waals surface area contributed by atoms with Crippen LogP contribution in [0.25, 0.3) is 11.0 Å². The molecule has 106 valence electrons. The highest BCUT2D eigenvalue weighted by Gasteiger charge is 2.17. The van der Waals surface area contributed by atoms with Gasteiger partial charge >= 0.3 is 5.63 Å². The largest absolute Gasteiger partial charge is 0.490 e. The first-order valence-electron chi connectivity index (χ1n) is 6.93. The van der Waals surface area contributed by atoms with Crippen molar-refractivity contribution in [2.45, 2.75) is 32.8 Å². The predicted octanol–water partition coefficient (Wildman–Crippen LogP) is 2.97. The molecule has 1 aromatic heterocycles. The van der Waals surface area contributed by atoms with Crippen molar-refractivity contribution in [2.24, 2.45) is 0 Å². The topological polar surface area (TPSA) is 48.7 Å². The van der Waals surface area contributed by atoms with Gasteiger partial charge in [-0.1, -0.05) is 0 Å². The molecule has 2 aromatic rings. The molecule has 3 rings (SSSR count). The predicted molar refractivity (Wildman–Crippen MR) is 76.4 cm³/mol. The summed E-state index contributed by atoms with van der Waals surface area (Å²) in [6.45, 7) is 5.18. The Kier molecular flexibility index (Phi) is 3.49. The highest BCUT2D eigenvalue weighted by atomic mass is 16.5. The fraction of sp³-hybridized carbons (Fsp3) is 0.438. The summed E-state index contributed by atoms with van der Waals surface area (Å²) in [5, 5.41) is 0.951. The molecule has 0 saturated carbocycles. The second-order valence-electron chi connectivity index (χ2n) is 5.26. The van der Waals surface area contributed by atoms with Crippen molar-refractivity contribution >= 4 is 11.0 Å². The van der Waals surface area contributed by atoms with Gasteiger partial charge in [-0.3, -0.25) is 0 Å². The van der Waals surface area contributed by atoms with Gasteiger partial charge < -0.3 is 13.9 Å². The van der Waals surface area contributed by atoms with Gasteiger partial charge in [0.15, 0.2) is 0 Å². The van der Waals surface area contributed by atoms with Crippen LogP contribution < -0.4 is 10.4 Å². The van der Waals surface area contributed by atoms with Crippen LogP contribution in [0.1, 0.15) is 24.0 Å². The van der Waals surface area contributed by atoms with Gasteiger partial charge in [0.2, 0.25) is 0 Å². The lowest BCUT2D eigenvalue weighted by molar-refractivity contribution is 0.0677. The summed E-state index contributed by atoms with van der Waals surface area (Å²) in [6, 6.07) is 5.37. The molecule has 4 heteroatoms. The van der Waals surface area contributed by atoms with Gasteiger partial charge in [-0.2, -0.15) is 0 Å². The van der Waals surface area contributed by atoms with E-state index in [1.54, 1.807) is 0 Å². The Morgan fingerprint density at radius 3 is 2.95 bits per heavy atom. The highest BCUT2D eigenvalue weighted by Crippen LogP contribution is 2.28. The van der Waals surface area contributed by atoms with Crippen molar-refractivity contribution in [3.63, 3.8) is 0 Å². The molecule has 0 N–H and O–H groups in total. The van der Waals surface area contributed by atoms with Gasteiger partial charge in [0.05, 0.1) is 6.10 Å². The summed E-state index contributed by atoms with van der Waals surface area (Å²) in [4.78, 5) is 11.5. The Morgan fingerprint density at radius 2 is 2.20 bits per heavy atom. The standard InChI is InChI=1S/C16H18O4/c1-10-8-15(17)20-16-11(2)14(6-5-13(10)16)19-9-12-4-3-7-18-12/h5-6,8,12H,3-4,7,9H2,1-2H3. The fourth-order valence-corrected chi connectivity index (χ4v) is 2.62. The van der Waals surface area contributed by atoms with Crippen molar-refractivity contribution in [3.8, 4) is 5.75 Å². The van der Waals surface area contributed by atoms with Crippen molar-refractivity contribution in [1.29, 1.82) is 0 Å². The van der Waals surface area contributed by atoms with Gasteiger partial charge in [-0.05, 0) is 44.4 Å². The number of rotatable bonds is 3. The maximum atomic E-state index is 11.5. The summed E-state index contributed by atoms with van der Waals surface area (Å²) in [6.07, 6.45) is 2.31. The monoisotopic (exact) mass is 274 g/mol. The van der Waals surface area contributed by atoms with Gasteiger partial charge in [-0.15, -0.1) is 0 Å². The SMILES string of the molecule is Cc1cc(=O)oc2c(C)c(OCC3CCCO3)ccc12. The fourth-order valence-electron chi connectivity index (χ4n) is 2.62. The Balaban J connectivity index is 1.92. The van der Waals surface area contributed by atoms with Crippen LogP contribution in [0.5, 0.6) is 5.75 Å². The number of benzene rings is 1. The normalized spacial score (nSPS) is 18.6. The second kappa shape index (κ2) is 5.29. The second-order valence-corrected chi connectivity index (χ2v) is 5.26. The lowest BCUT2D eigenvalue weighted by Gasteiger charge is -2.14. The molecule has 1 aliphatic heterocycles. The summed E-state index contributed by atoms with van der Waals surface area (Å²) >= 11 is 0. The molecule has 1 aromatic carbocycles. The lowest BCUT2D eigenvalue weighted by atomic mass is 10.1. The van der Waals surface area contributed by atoms with Crippen molar-refractivity contribution in [2.75, 3.05) is 13.2 Å². The molecule has 1 saturated heterocycles. The van der Waals surface area contributed by atoms with E-state index in [9.17, 15) is 4.79 Å². The molecule has 0 aliphatic carbocycles. The Morgan fingerprint density at radius 1 is 1.35 bits per heavy atom. The zero-order valence-corrected chi connectivity index (χ0v) is 11.8. The van der Waals surface area contributed by atoms with Crippen LogP contribution >= 0.6 is 0 Å². The van der Waals surface area contributed by atoms with E-state index in [4.69, 9.17) is 13.9 Å². The molecule has 0 bridgehead atoms. The van der Waals surface area contributed by atoms with Crippen molar-refractivity contribution in [1.82, 2.24) is 0 Å². The Bertz CT molecular complexity index is 681. The van der Waals surface area contributed by atoms with E-state index in [1.807, 2.05) is 26.0 Å². The van der Waals surface area contributed by atoms with Gasteiger partial charge in [-0.25, -0.2) is 4.79 Å². The van der Waals surface area contributed by atoms with Gasteiger partial charge in [0.25, 0.3) is 0 Å². The minimum Gasteiger partial charge on any atom is -0.490 e. The Hall–Kier alpha value is -1.81. The number of aryl methyl sites for hydroxylation is 2. The quantitative estimate of drug-likeness (QED) is 0.807. The van der Waals surface area contributed by atoms with Crippen LogP contribution in [0.3, 0.4) is 0 Å². The number of fused-ring (bicyclic) bond motifs is 1. The summed E-state index contributed by atoms with van der Waals surface area (Å²) < 4.78 is 16.7. The van der Waals surface area contributed by atoms with Gasteiger partial charge in [0.1, 0.15) is 17.9 Å². The molecule has 20 heavy (non-hydrogen) atoms. The maximum absolute atomic E-state index is 11.5. The zero-order valence-electron chi connectivity index (χ0n) is 11.8. The molecular weight excluding hydrogens is 256 g/mol. The average Bonchev–Trinajstić information content (AvgIpc) is 2.92. The smallest absolute Gasteiger partial charge is 0.336 e. The van der Waals surface area contributed by atoms with E-state index < -0.39 is 0 Å². The minimum absolute atomic E-state index is 0.176. The number of ether oxygens (including phenoxy) is 2. The van der Waals surface area contributed by atoms with Crippen molar-refractivity contribution in [3.05, 3.63) is 39.7 Å². The molecule has 4 nitrogen and oxygen atoms in total. The van der Waals surface area contributed by atoms with E-state index in [-0.39, 0.29) is 11.7 Å². The zero-order chi connectivity index (χ0) is 14.1. The first kappa shape index (κ1) is 13.2. The molecule has 2 heterocycles. The van der Waals surface area contributed by atoms with Crippen molar-refractivity contribution < 1.29 is 13.9 Å². The van der Waals surface area contributed by atoms with Gasteiger partial charge in [0, 0.05) is 23.6 Å². The van der Waals surface area contributed by atoms with E-state index in [1.165, 1.54) is 6.07 Å². The van der Waals surface area contributed by atoms with Crippen LogP contribution in [0, 0.1) is 13.8 Å². The third-order valence-corrected chi connectivity index (χ3v) is 3.77. The van der Waals surface area contributed by atoms with Crippen LogP contribution in [-0.2, 0) is 4.74 Å². The van der Waals surface area contributed by atoms with E-state index in [2.05, 4.69) is 0 Å². The molecule has 1 fully saturated rings.